The molecule has 1 heterocycles. The average molecular weight is 463 g/mol. The van der Waals surface area contributed by atoms with Crippen molar-refractivity contribution in [1.82, 2.24) is 9.55 Å². The van der Waals surface area contributed by atoms with E-state index in [0.29, 0.717) is 0 Å². The first-order chi connectivity index (χ1) is 14.5. The lowest BCUT2D eigenvalue weighted by atomic mass is 10.2. The van der Waals surface area contributed by atoms with Crippen LogP contribution in [0.3, 0.4) is 0 Å². The minimum atomic E-state index is -3.68. The van der Waals surface area contributed by atoms with Crippen LogP contribution in [0.5, 0.6) is 0 Å². The topological polar surface area (TPSA) is 135 Å². The summed E-state index contributed by atoms with van der Waals surface area (Å²) in [5.41, 5.74) is 5.04. The largest absolute Gasteiger partial charge is 0.383 e. The predicted octanol–water partition coefficient (Wildman–Crippen LogP) is 1.50. The van der Waals surface area contributed by atoms with Gasteiger partial charge in [-0.05, 0) is 23.8 Å². The monoisotopic (exact) mass is 462 g/mol. The van der Waals surface area contributed by atoms with Crippen LogP contribution in [-0.2, 0) is 16.4 Å². The number of anilines is 2. The van der Waals surface area contributed by atoms with Gasteiger partial charge < -0.3 is 10.6 Å². The number of aromatic amines is 1. The highest BCUT2D eigenvalue weighted by atomic mass is 35.5. The summed E-state index contributed by atoms with van der Waals surface area (Å²) in [5, 5.41) is -0.0320. The summed E-state index contributed by atoms with van der Waals surface area (Å²) < 4.78 is 25.0. The van der Waals surface area contributed by atoms with Crippen LogP contribution in [0.1, 0.15) is 15.9 Å². The lowest BCUT2D eigenvalue weighted by Crippen LogP contribution is -2.39. The van der Waals surface area contributed by atoms with Gasteiger partial charge in [-0.15, -0.1) is 0 Å². The van der Waals surface area contributed by atoms with Crippen LogP contribution in [0, 0.1) is 0 Å². The Kier molecular flexibility index (Phi) is 6.05. The molecule has 1 aromatic heterocycles. The standard InChI is InChI=1S/C20H19ClN4O5S/c1-24(19(27)13-8-9-14(21)15(10-13)31(2,29)30)16-17(22)25(20(28)23-18(16)26)11-12-6-4-3-5-7-12/h3-10H,11,22H2,1-2H3,(H,23,26,28). The molecule has 0 aliphatic heterocycles. The molecule has 0 aliphatic carbocycles. The zero-order chi connectivity index (χ0) is 22.9. The molecule has 1 amide bonds. The lowest BCUT2D eigenvalue weighted by Gasteiger charge is -2.21. The van der Waals surface area contributed by atoms with Crippen molar-refractivity contribution < 1.29 is 13.2 Å². The first kappa shape index (κ1) is 22.3. The van der Waals surface area contributed by atoms with Crippen molar-refractivity contribution in [3.63, 3.8) is 0 Å². The van der Waals surface area contributed by atoms with E-state index >= 15 is 0 Å². The summed E-state index contributed by atoms with van der Waals surface area (Å²) in [6, 6.07) is 12.7. The molecule has 0 atom stereocenters. The smallest absolute Gasteiger partial charge is 0.330 e. The maximum Gasteiger partial charge on any atom is 0.330 e. The number of amides is 1. The third-order valence-electron chi connectivity index (χ3n) is 4.62. The molecule has 0 bridgehead atoms. The van der Waals surface area contributed by atoms with Crippen LogP contribution in [0.15, 0.2) is 63.0 Å². The van der Waals surface area contributed by atoms with Crippen LogP contribution in [0.25, 0.3) is 0 Å². The van der Waals surface area contributed by atoms with E-state index in [1.807, 2.05) is 6.07 Å². The second-order valence-electron chi connectivity index (χ2n) is 6.85. The molecule has 162 valence electrons. The minimum absolute atomic E-state index is 0.0214. The molecule has 11 heteroatoms. The number of benzene rings is 2. The van der Waals surface area contributed by atoms with Gasteiger partial charge >= 0.3 is 5.69 Å². The van der Waals surface area contributed by atoms with Gasteiger partial charge in [0.25, 0.3) is 11.5 Å². The van der Waals surface area contributed by atoms with Crippen molar-refractivity contribution in [1.29, 1.82) is 0 Å². The Morgan fingerprint density at radius 1 is 1.16 bits per heavy atom. The molecular formula is C20H19ClN4O5S. The Balaban J connectivity index is 2.07. The van der Waals surface area contributed by atoms with E-state index in [9.17, 15) is 22.8 Å². The molecule has 9 nitrogen and oxygen atoms in total. The maximum atomic E-state index is 13.0. The number of halogens is 1. The fourth-order valence-corrected chi connectivity index (χ4v) is 4.34. The van der Waals surface area contributed by atoms with Crippen LogP contribution in [0.2, 0.25) is 5.02 Å². The third kappa shape index (κ3) is 4.54. The van der Waals surface area contributed by atoms with Gasteiger partial charge in [-0.25, -0.2) is 13.2 Å². The second-order valence-corrected chi connectivity index (χ2v) is 9.24. The third-order valence-corrected chi connectivity index (χ3v) is 6.19. The molecule has 0 aliphatic rings. The van der Waals surface area contributed by atoms with Crippen molar-refractivity contribution in [3.8, 4) is 0 Å². The molecule has 31 heavy (non-hydrogen) atoms. The molecular weight excluding hydrogens is 444 g/mol. The average Bonchev–Trinajstić information content (AvgIpc) is 2.70. The van der Waals surface area contributed by atoms with Crippen molar-refractivity contribution in [2.45, 2.75) is 11.4 Å². The molecule has 3 aromatic rings. The van der Waals surface area contributed by atoms with Gasteiger partial charge in [0.2, 0.25) is 0 Å². The van der Waals surface area contributed by atoms with Gasteiger partial charge in [-0.1, -0.05) is 41.9 Å². The number of carbonyl (C=O) groups excluding carboxylic acids is 1. The van der Waals surface area contributed by atoms with E-state index in [2.05, 4.69) is 4.98 Å². The molecule has 0 radical (unpaired) electrons. The van der Waals surface area contributed by atoms with Gasteiger partial charge in [0, 0.05) is 18.9 Å². The molecule has 0 saturated heterocycles. The van der Waals surface area contributed by atoms with Crippen molar-refractivity contribution >= 4 is 38.9 Å². The van der Waals surface area contributed by atoms with E-state index in [1.165, 1.54) is 19.2 Å². The fraction of sp³-hybridized carbons (Fsp3) is 0.150. The molecule has 0 unspecified atom stereocenters. The number of nitrogens with two attached hydrogens (primary N) is 1. The zero-order valence-electron chi connectivity index (χ0n) is 16.6. The molecule has 3 N–H and O–H groups in total. The summed E-state index contributed by atoms with van der Waals surface area (Å²) in [5.74, 6) is -0.908. The summed E-state index contributed by atoms with van der Waals surface area (Å²) in [4.78, 5) is 40.7. The minimum Gasteiger partial charge on any atom is -0.383 e. The van der Waals surface area contributed by atoms with Crippen molar-refractivity contribution in [3.05, 3.63) is 85.5 Å². The summed E-state index contributed by atoms with van der Waals surface area (Å²) in [7, 11) is -2.38. The second kappa shape index (κ2) is 8.40. The summed E-state index contributed by atoms with van der Waals surface area (Å²) in [6.07, 6.45) is 0.967. The number of hydrogen-bond donors (Lipinski definition) is 2. The quantitative estimate of drug-likeness (QED) is 0.589. The van der Waals surface area contributed by atoms with E-state index < -0.39 is 27.0 Å². The number of carbonyl (C=O) groups is 1. The number of sulfone groups is 1. The Morgan fingerprint density at radius 3 is 2.42 bits per heavy atom. The number of H-pyrrole nitrogens is 1. The Bertz CT molecular complexity index is 1380. The maximum absolute atomic E-state index is 13.0. The van der Waals surface area contributed by atoms with Gasteiger partial charge in [0.05, 0.1) is 16.5 Å². The number of hydrogen-bond acceptors (Lipinski definition) is 6. The first-order valence-electron chi connectivity index (χ1n) is 8.95. The number of aromatic nitrogens is 2. The normalized spacial score (nSPS) is 11.3. The molecule has 2 aromatic carbocycles. The Hall–Kier alpha value is -3.37. The van der Waals surface area contributed by atoms with Crippen molar-refractivity contribution in [2.75, 3.05) is 23.9 Å². The van der Waals surface area contributed by atoms with Gasteiger partial charge in [0.1, 0.15) is 5.82 Å². The zero-order valence-corrected chi connectivity index (χ0v) is 18.2. The Labute approximate surface area is 182 Å². The lowest BCUT2D eigenvalue weighted by molar-refractivity contribution is 0.0992. The number of nitrogen functional groups attached to an aromatic ring is 1. The Morgan fingerprint density at radius 2 is 1.81 bits per heavy atom. The van der Waals surface area contributed by atoms with Crippen LogP contribution in [0.4, 0.5) is 11.5 Å². The van der Waals surface area contributed by atoms with E-state index in [-0.39, 0.29) is 33.5 Å². The molecule has 0 saturated carbocycles. The number of nitrogens with one attached hydrogen (secondary N) is 1. The van der Waals surface area contributed by atoms with Crippen LogP contribution in [-0.4, -0.2) is 37.2 Å². The van der Waals surface area contributed by atoms with E-state index in [1.54, 1.807) is 24.3 Å². The van der Waals surface area contributed by atoms with Crippen LogP contribution < -0.4 is 21.9 Å². The van der Waals surface area contributed by atoms with Gasteiger partial charge in [0.15, 0.2) is 15.5 Å². The molecule has 0 spiro atoms. The SMILES string of the molecule is CN(C(=O)c1ccc(Cl)c(S(C)(=O)=O)c1)c1c(N)n(Cc2ccccc2)c(=O)[nH]c1=O. The highest BCUT2D eigenvalue weighted by Crippen LogP contribution is 2.25. The number of rotatable bonds is 5. The number of nitrogens with zero attached hydrogens (tertiary/aromatic N) is 2. The fourth-order valence-electron chi connectivity index (χ4n) is 3.04. The summed E-state index contributed by atoms with van der Waals surface area (Å²) >= 11 is 5.93. The predicted molar refractivity (Wildman–Crippen MR) is 119 cm³/mol. The molecule has 0 fully saturated rings. The van der Waals surface area contributed by atoms with E-state index in [0.717, 1.165) is 27.4 Å². The van der Waals surface area contributed by atoms with E-state index in [4.69, 9.17) is 17.3 Å². The molecule has 3 rings (SSSR count). The van der Waals surface area contributed by atoms with Gasteiger partial charge in [-0.2, -0.15) is 0 Å². The first-order valence-corrected chi connectivity index (χ1v) is 11.2. The highest BCUT2D eigenvalue weighted by molar-refractivity contribution is 7.90. The summed E-state index contributed by atoms with van der Waals surface area (Å²) in [6.45, 7) is 0.0798. The highest BCUT2D eigenvalue weighted by Gasteiger charge is 2.24. The van der Waals surface area contributed by atoms with Crippen molar-refractivity contribution in [2.24, 2.45) is 0 Å². The van der Waals surface area contributed by atoms with Crippen LogP contribution >= 0.6 is 11.6 Å². The van der Waals surface area contributed by atoms with Gasteiger partial charge in [-0.3, -0.25) is 19.1 Å².